The van der Waals surface area contributed by atoms with Gasteiger partial charge in [-0.15, -0.1) is 16.4 Å². The van der Waals surface area contributed by atoms with Crippen molar-refractivity contribution in [2.45, 2.75) is 0 Å². The lowest BCUT2D eigenvalue weighted by molar-refractivity contribution is 0.102. The molecular weight excluding hydrogens is 348 g/mol. The minimum absolute atomic E-state index is 0.00539. The second-order valence-electron chi connectivity index (χ2n) is 4.82. The SMILES string of the molecule is O=C(Nc1nnc(-c2ccccn2)o1)c1sc2ccccc2c1Cl. The number of thiophene rings is 1. The predicted molar refractivity (Wildman–Crippen MR) is 92.3 cm³/mol. The minimum Gasteiger partial charge on any atom is -0.401 e. The van der Waals surface area contributed by atoms with Gasteiger partial charge in [-0.1, -0.05) is 41.0 Å². The first kappa shape index (κ1) is 14.8. The van der Waals surface area contributed by atoms with E-state index in [9.17, 15) is 4.79 Å². The molecule has 1 N–H and O–H groups in total. The smallest absolute Gasteiger partial charge is 0.322 e. The lowest BCUT2D eigenvalue weighted by Crippen LogP contribution is -2.10. The van der Waals surface area contributed by atoms with Crippen LogP contribution < -0.4 is 5.32 Å². The molecule has 0 fully saturated rings. The third-order valence-electron chi connectivity index (χ3n) is 3.27. The van der Waals surface area contributed by atoms with E-state index in [-0.39, 0.29) is 11.9 Å². The van der Waals surface area contributed by atoms with Gasteiger partial charge in [0.1, 0.15) is 10.6 Å². The molecule has 0 aliphatic rings. The van der Waals surface area contributed by atoms with Gasteiger partial charge in [0.05, 0.1) is 5.02 Å². The lowest BCUT2D eigenvalue weighted by Gasteiger charge is -1.98. The Labute approximate surface area is 145 Å². The molecule has 0 aliphatic heterocycles. The highest BCUT2D eigenvalue weighted by Crippen LogP contribution is 2.35. The molecule has 0 spiro atoms. The zero-order valence-corrected chi connectivity index (χ0v) is 13.6. The van der Waals surface area contributed by atoms with Crippen molar-refractivity contribution in [3.05, 3.63) is 58.6 Å². The topological polar surface area (TPSA) is 80.9 Å². The quantitative estimate of drug-likeness (QED) is 0.593. The fraction of sp³-hybridized carbons (Fsp3) is 0. The number of rotatable bonds is 3. The summed E-state index contributed by atoms with van der Waals surface area (Å²) in [5.41, 5.74) is 0.533. The number of nitrogens with zero attached hydrogens (tertiary/aromatic N) is 3. The van der Waals surface area contributed by atoms with Crippen LogP contribution in [-0.4, -0.2) is 21.1 Å². The molecule has 4 rings (SSSR count). The summed E-state index contributed by atoms with van der Waals surface area (Å²) in [4.78, 5) is 16.9. The molecule has 1 amide bonds. The van der Waals surface area contributed by atoms with E-state index >= 15 is 0 Å². The van der Waals surface area contributed by atoms with Crippen LogP contribution in [0, 0.1) is 0 Å². The minimum atomic E-state index is -0.391. The molecule has 8 heteroatoms. The van der Waals surface area contributed by atoms with E-state index in [2.05, 4.69) is 20.5 Å². The second kappa shape index (κ2) is 6.03. The predicted octanol–water partition coefficient (Wildman–Crippen LogP) is 4.25. The summed E-state index contributed by atoms with van der Waals surface area (Å²) >= 11 is 7.60. The molecular formula is C16H9ClN4O2S. The van der Waals surface area contributed by atoms with Crippen molar-refractivity contribution in [2.75, 3.05) is 5.32 Å². The van der Waals surface area contributed by atoms with E-state index < -0.39 is 5.91 Å². The van der Waals surface area contributed by atoms with E-state index in [1.54, 1.807) is 18.3 Å². The van der Waals surface area contributed by atoms with E-state index in [0.29, 0.717) is 15.6 Å². The Kier molecular flexibility index (Phi) is 3.72. The van der Waals surface area contributed by atoms with Gasteiger partial charge in [0.25, 0.3) is 11.8 Å². The first-order chi connectivity index (χ1) is 11.7. The highest BCUT2D eigenvalue weighted by molar-refractivity contribution is 7.21. The van der Waals surface area contributed by atoms with Crippen molar-refractivity contribution >= 4 is 44.9 Å². The fourth-order valence-electron chi connectivity index (χ4n) is 2.18. The highest BCUT2D eigenvalue weighted by atomic mass is 35.5. The summed E-state index contributed by atoms with van der Waals surface area (Å²) in [6, 6.07) is 12.9. The Balaban J connectivity index is 1.60. The number of benzene rings is 1. The maximum absolute atomic E-state index is 12.4. The molecule has 118 valence electrons. The zero-order chi connectivity index (χ0) is 16.5. The standard InChI is InChI=1S/C16H9ClN4O2S/c17-12-9-5-1-2-7-11(9)24-13(12)14(22)19-16-21-20-15(23-16)10-6-3-4-8-18-10/h1-8H,(H,19,21,22). The van der Waals surface area contributed by atoms with Crippen LogP contribution in [0.4, 0.5) is 6.01 Å². The third-order valence-corrected chi connectivity index (χ3v) is 4.94. The second-order valence-corrected chi connectivity index (χ2v) is 6.25. The highest BCUT2D eigenvalue weighted by Gasteiger charge is 2.19. The molecule has 0 unspecified atom stereocenters. The van der Waals surface area contributed by atoms with Gasteiger partial charge in [0, 0.05) is 16.3 Å². The summed E-state index contributed by atoms with van der Waals surface area (Å²) < 4.78 is 6.36. The van der Waals surface area contributed by atoms with Gasteiger partial charge >= 0.3 is 6.01 Å². The van der Waals surface area contributed by atoms with Gasteiger partial charge in [0.2, 0.25) is 0 Å². The first-order valence-corrected chi connectivity index (χ1v) is 8.15. The summed E-state index contributed by atoms with van der Waals surface area (Å²) in [7, 11) is 0. The summed E-state index contributed by atoms with van der Waals surface area (Å²) in [5.74, 6) is -0.161. The number of aromatic nitrogens is 3. The van der Waals surface area contributed by atoms with Gasteiger partial charge < -0.3 is 4.42 Å². The molecule has 0 saturated heterocycles. The molecule has 0 bridgehead atoms. The average Bonchev–Trinajstić information content (AvgIpc) is 3.21. The molecule has 3 heterocycles. The fourth-order valence-corrected chi connectivity index (χ4v) is 3.59. The third kappa shape index (κ3) is 2.64. The van der Waals surface area contributed by atoms with Gasteiger partial charge in [-0.05, 0) is 18.2 Å². The van der Waals surface area contributed by atoms with Crippen LogP contribution in [0.25, 0.3) is 21.7 Å². The molecule has 0 radical (unpaired) electrons. The lowest BCUT2D eigenvalue weighted by atomic mass is 10.2. The number of nitrogens with one attached hydrogen (secondary N) is 1. The maximum atomic E-state index is 12.4. The van der Waals surface area contributed by atoms with Crippen LogP contribution in [0.15, 0.2) is 53.1 Å². The monoisotopic (exact) mass is 356 g/mol. The van der Waals surface area contributed by atoms with E-state index in [1.165, 1.54) is 11.3 Å². The normalized spacial score (nSPS) is 10.9. The number of pyridine rings is 1. The number of carbonyl (C=O) groups is 1. The van der Waals surface area contributed by atoms with E-state index in [1.807, 2.05) is 30.3 Å². The van der Waals surface area contributed by atoms with Crippen LogP contribution in [0.2, 0.25) is 5.02 Å². The Morgan fingerprint density at radius 3 is 2.75 bits per heavy atom. The molecule has 24 heavy (non-hydrogen) atoms. The number of fused-ring (bicyclic) bond motifs is 1. The van der Waals surface area contributed by atoms with Gasteiger partial charge in [-0.25, -0.2) is 0 Å². The number of halogens is 1. The summed E-state index contributed by atoms with van der Waals surface area (Å²) in [6.45, 7) is 0. The molecule has 1 aromatic carbocycles. The van der Waals surface area contributed by atoms with E-state index in [4.69, 9.17) is 16.0 Å². The average molecular weight is 357 g/mol. The van der Waals surface area contributed by atoms with Crippen molar-refractivity contribution in [3.8, 4) is 11.6 Å². The molecule has 6 nitrogen and oxygen atoms in total. The number of amides is 1. The van der Waals surface area contributed by atoms with Crippen molar-refractivity contribution in [2.24, 2.45) is 0 Å². The Morgan fingerprint density at radius 2 is 1.96 bits per heavy atom. The number of hydrogen-bond donors (Lipinski definition) is 1. The Bertz CT molecular complexity index is 1030. The van der Waals surface area contributed by atoms with Crippen molar-refractivity contribution < 1.29 is 9.21 Å². The Morgan fingerprint density at radius 1 is 1.12 bits per heavy atom. The van der Waals surface area contributed by atoms with Crippen LogP contribution in [0.3, 0.4) is 0 Å². The van der Waals surface area contributed by atoms with Gasteiger partial charge in [-0.3, -0.25) is 15.1 Å². The maximum Gasteiger partial charge on any atom is 0.322 e. The van der Waals surface area contributed by atoms with Crippen LogP contribution in [0.1, 0.15) is 9.67 Å². The largest absolute Gasteiger partial charge is 0.401 e. The van der Waals surface area contributed by atoms with Gasteiger partial charge in [-0.2, -0.15) is 0 Å². The van der Waals surface area contributed by atoms with E-state index in [0.717, 1.165) is 10.1 Å². The van der Waals surface area contributed by atoms with Crippen LogP contribution >= 0.6 is 22.9 Å². The number of hydrogen-bond acceptors (Lipinski definition) is 6. The van der Waals surface area contributed by atoms with Crippen LogP contribution in [-0.2, 0) is 0 Å². The number of anilines is 1. The Hall–Kier alpha value is -2.77. The zero-order valence-electron chi connectivity index (χ0n) is 12.1. The summed E-state index contributed by atoms with van der Waals surface area (Å²) in [6.07, 6.45) is 1.62. The van der Waals surface area contributed by atoms with Crippen LogP contribution in [0.5, 0.6) is 0 Å². The molecule has 0 saturated carbocycles. The van der Waals surface area contributed by atoms with Crippen molar-refractivity contribution in [1.82, 2.24) is 15.2 Å². The molecule has 3 aromatic heterocycles. The molecule has 4 aromatic rings. The van der Waals surface area contributed by atoms with Crippen molar-refractivity contribution in [1.29, 1.82) is 0 Å². The van der Waals surface area contributed by atoms with Crippen molar-refractivity contribution in [3.63, 3.8) is 0 Å². The van der Waals surface area contributed by atoms with Gasteiger partial charge in [0.15, 0.2) is 0 Å². The first-order valence-electron chi connectivity index (χ1n) is 6.95. The molecule has 0 aliphatic carbocycles. The molecule has 0 atom stereocenters. The number of carbonyl (C=O) groups excluding carboxylic acids is 1. The summed E-state index contributed by atoms with van der Waals surface area (Å²) in [5, 5.41) is 11.5.